The molecule has 102 valence electrons. The first-order valence-electron chi connectivity index (χ1n) is 5.64. The number of rotatable bonds is 5. The van der Waals surface area contributed by atoms with Crippen molar-refractivity contribution in [1.82, 2.24) is 19.5 Å². The van der Waals surface area contributed by atoms with Crippen molar-refractivity contribution in [2.45, 2.75) is 18.1 Å². The number of pyridine rings is 1. The predicted octanol–water partition coefficient (Wildman–Crippen LogP) is -0.248. The normalized spacial score (nSPS) is 11.7. The molecule has 0 aliphatic carbocycles. The van der Waals surface area contributed by atoms with Gasteiger partial charge in [-0.15, -0.1) is 0 Å². The summed E-state index contributed by atoms with van der Waals surface area (Å²) in [6.45, 7) is 0.495. The summed E-state index contributed by atoms with van der Waals surface area (Å²) in [4.78, 5) is 3.89. The molecule has 0 aromatic carbocycles. The minimum Gasteiger partial charge on any atom is -0.326 e. The zero-order valence-electron chi connectivity index (χ0n) is 10.4. The summed E-state index contributed by atoms with van der Waals surface area (Å²) in [5, 5.41) is 3.94. The van der Waals surface area contributed by atoms with Crippen LogP contribution in [0.4, 0.5) is 0 Å². The van der Waals surface area contributed by atoms with Crippen LogP contribution >= 0.6 is 0 Å². The molecular formula is C11H15N5O2S. The van der Waals surface area contributed by atoms with E-state index in [2.05, 4.69) is 14.8 Å². The molecule has 3 N–H and O–H groups in total. The number of sulfonamides is 1. The second-order valence-corrected chi connectivity index (χ2v) is 5.69. The van der Waals surface area contributed by atoms with E-state index in [0.29, 0.717) is 6.54 Å². The highest BCUT2D eigenvalue weighted by Gasteiger charge is 2.15. The fourth-order valence-electron chi connectivity index (χ4n) is 1.51. The van der Waals surface area contributed by atoms with Crippen molar-refractivity contribution < 1.29 is 8.42 Å². The molecule has 0 radical (unpaired) electrons. The smallest absolute Gasteiger partial charge is 0.258 e. The molecule has 0 atom stereocenters. The quantitative estimate of drug-likeness (QED) is 0.787. The van der Waals surface area contributed by atoms with E-state index in [1.165, 1.54) is 12.3 Å². The van der Waals surface area contributed by atoms with Crippen molar-refractivity contribution >= 4 is 10.0 Å². The molecule has 2 aromatic heterocycles. The van der Waals surface area contributed by atoms with E-state index < -0.39 is 10.0 Å². The highest BCUT2D eigenvalue weighted by Crippen LogP contribution is 2.07. The van der Waals surface area contributed by atoms with E-state index in [1.54, 1.807) is 30.1 Å². The molecule has 0 aliphatic heterocycles. The van der Waals surface area contributed by atoms with E-state index in [4.69, 9.17) is 5.73 Å². The number of aromatic nitrogens is 3. The van der Waals surface area contributed by atoms with Gasteiger partial charge in [-0.1, -0.05) is 6.07 Å². The lowest BCUT2D eigenvalue weighted by Gasteiger charge is -2.06. The largest absolute Gasteiger partial charge is 0.326 e. The number of hydrogen-bond donors (Lipinski definition) is 2. The molecule has 0 fully saturated rings. The molecule has 19 heavy (non-hydrogen) atoms. The van der Waals surface area contributed by atoms with Gasteiger partial charge in [0.1, 0.15) is 0 Å². The fourth-order valence-corrected chi connectivity index (χ4v) is 2.43. The second kappa shape index (κ2) is 5.47. The Kier molecular flexibility index (Phi) is 3.93. The molecule has 0 saturated heterocycles. The molecule has 0 saturated carbocycles. The van der Waals surface area contributed by atoms with Gasteiger partial charge in [-0.05, 0) is 17.7 Å². The van der Waals surface area contributed by atoms with Gasteiger partial charge in [-0.2, -0.15) is 5.10 Å². The van der Waals surface area contributed by atoms with Crippen LogP contribution < -0.4 is 10.5 Å². The third-order valence-electron chi connectivity index (χ3n) is 2.67. The van der Waals surface area contributed by atoms with Crippen molar-refractivity contribution in [3.63, 3.8) is 0 Å². The lowest BCUT2D eigenvalue weighted by Crippen LogP contribution is -2.25. The number of nitrogens with two attached hydrogens (primary N) is 1. The van der Waals surface area contributed by atoms with Crippen molar-refractivity contribution in [3.05, 3.63) is 41.9 Å². The van der Waals surface area contributed by atoms with Gasteiger partial charge in [0.25, 0.3) is 10.0 Å². The number of hydrogen-bond acceptors (Lipinski definition) is 5. The Bertz CT molecular complexity index is 648. The Morgan fingerprint density at radius 2 is 2.16 bits per heavy atom. The number of aryl methyl sites for hydroxylation is 1. The zero-order chi connectivity index (χ0) is 13.9. The Labute approximate surface area is 111 Å². The van der Waals surface area contributed by atoms with E-state index in [-0.39, 0.29) is 11.6 Å². The molecule has 0 unspecified atom stereocenters. The zero-order valence-corrected chi connectivity index (χ0v) is 11.3. The van der Waals surface area contributed by atoms with Crippen LogP contribution in [0, 0.1) is 0 Å². The molecule has 8 heteroatoms. The lowest BCUT2D eigenvalue weighted by molar-refractivity contribution is 0.573. The minimum absolute atomic E-state index is 0.0214. The van der Waals surface area contributed by atoms with Crippen LogP contribution in [0.2, 0.25) is 0 Å². The van der Waals surface area contributed by atoms with Crippen LogP contribution in [0.1, 0.15) is 11.3 Å². The molecule has 0 bridgehead atoms. The first-order valence-corrected chi connectivity index (χ1v) is 7.13. The van der Waals surface area contributed by atoms with Crippen molar-refractivity contribution in [2.24, 2.45) is 12.8 Å². The monoisotopic (exact) mass is 281 g/mol. The molecule has 7 nitrogen and oxygen atoms in total. The van der Waals surface area contributed by atoms with E-state index in [9.17, 15) is 8.42 Å². The molecule has 2 heterocycles. The first kappa shape index (κ1) is 13.7. The van der Waals surface area contributed by atoms with E-state index >= 15 is 0 Å². The maximum Gasteiger partial charge on any atom is 0.258 e. The predicted molar refractivity (Wildman–Crippen MR) is 69.4 cm³/mol. The Morgan fingerprint density at radius 3 is 2.68 bits per heavy atom. The number of nitrogens with zero attached hydrogens (tertiary/aromatic N) is 3. The second-order valence-electron chi connectivity index (χ2n) is 3.98. The molecule has 2 aromatic rings. The van der Waals surface area contributed by atoms with Gasteiger partial charge in [0.2, 0.25) is 0 Å². The van der Waals surface area contributed by atoms with Gasteiger partial charge >= 0.3 is 0 Å². The standard InChI is InChI=1S/C11H15N5O2S/c1-16-10(4-5-14-16)8-15-19(17,18)11-3-2-9(6-12)7-13-11/h2-5,7,15H,6,8,12H2,1H3. The Balaban J connectivity index is 2.11. The topological polar surface area (TPSA) is 103 Å². The van der Waals surface area contributed by atoms with Gasteiger partial charge in [-0.25, -0.2) is 18.1 Å². The van der Waals surface area contributed by atoms with Gasteiger partial charge in [-0.3, -0.25) is 4.68 Å². The summed E-state index contributed by atoms with van der Waals surface area (Å²) in [5.74, 6) is 0. The van der Waals surface area contributed by atoms with Crippen LogP contribution in [-0.2, 0) is 30.2 Å². The summed E-state index contributed by atoms with van der Waals surface area (Å²) < 4.78 is 28.1. The van der Waals surface area contributed by atoms with Gasteiger partial charge in [0.05, 0.1) is 12.2 Å². The van der Waals surface area contributed by atoms with E-state index in [0.717, 1.165) is 11.3 Å². The maximum atomic E-state index is 12.0. The molecule has 2 rings (SSSR count). The summed E-state index contributed by atoms with van der Waals surface area (Å²) in [7, 11) is -1.87. The fraction of sp³-hybridized carbons (Fsp3) is 0.273. The molecular weight excluding hydrogens is 266 g/mol. The summed E-state index contributed by atoms with van der Waals surface area (Å²) in [6, 6.07) is 4.83. The maximum absolute atomic E-state index is 12.0. The Hall–Kier alpha value is -1.77. The summed E-state index contributed by atoms with van der Waals surface area (Å²) in [5.41, 5.74) is 6.98. The minimum atomic E-state index is -3.62. The average molecular weight is 281 g/mol. The average Bonchev–Trinajstić information content (AvgIpc) is 2.82. The van der Waals surface area contributed by atoms with Crippen LogP contribution in [-0.4, -0.2) is 23.2 Å². The number of nitrogens with one attached hydrogen (secondary N) is 1. The van der Waals surface area contributed by atoms with Gasteiger partial charge in [0.15, 0.2) is 5.03 Å². The Morgan fingerprint density at radius 1 is 1.37 bits per heavy atom. The molecule has 0 spiro atoms. The van der Waals surface area contributed by atoms with Gasteiger partial charge in [0, 0.05) is 26.0 Å². The van der Waals surface area contributed by atoms with Crippen LogP contribution in [0.25, 0.3) is 0 Å². The van der Waals surface area contributed by atoms with Crippen LogP contribution in [0.5, 0.6) is 0 Å². The van der Waals surface area contributed by atoms with E-state index in [1.807, 2.05) is 0 Å². The lowest BCUT2D eigenvalue weighted by atomic mass is 10.3. The highest BCUT2D eigenvalue weighted by atomic mass is 32.2. The third kappa shape index (κ3) is 3.16. The van der Waals surface area contributed by atoms with Crippen LogP contribution in [0.15, 0.2) is 35.6 Å². The third-order valence-corrected chi connectivity index (χ3v) is 3.99. The summed E-state index contributed by atoms with van der Waals surface area (Å²) in [6.07, 6.45) is 3.07. The molecule has 0 aliphatic rings. The van der Waals surface area contributed by atoms with Crippen molar-refractivity contribution in [3.8, 4) is 0 Å². The SMILES string of the molecule is Cn1nccc1CNS(=O)(=O)c1ccc(CN)cn1. The first-order chi connectivity index (χ1) is 9.03. The highest BCUT2D eigenvalue weighted by molar-refractivity contribution is 7.89. The summed E-state index contributed by atoms with van der Waals surface area (Å²) >= 11 is 0. The van der Waals surface area contributed by atoms with Crippen molar-refractivity contribution in [1.29, 1.82) is 0 Å². The van der Waals surface area contributed by atoms with Crippen LogP contribution in [0.3, 0.4) is 0 Å². The molecule has 0 amide bonds. The van der Waals surface area contributed by atoms with Crippen molar-refractivity contribution in [2.75, 3.05) is 0 Å². The van der Waals surface area contributed by atoms with Gasteiger partial charge < -0.3 is 5.73 Å².